The second-order valence-corrected chi connectivity index (χ2v) is 9.16. The zero-order valence-electron chi connectivity index (χ0n) is 21.4. The predicted molar refractivity (Wildman–Crippen MR) is 135 cm³/mol. The van der Waals surface area contributed by atoms with Gasteiger partial charge in [-0.2, -0.15) is 0 Å². The summed E-state index contributed by atoms with van der Waals surface area (Å²) in [6, 6.07) is -4.59. The van der Waals surface area contributed by atoms with E-state index in [9.17, 15) is 29.4 Å². The van der Waals surface area contributed by atoms with Crippen molar-refractivity contribution in [2.45, 2.75) is 89.6 Å². The van der Waals surface area contributed by atoms with Gasteiger partial charge in [-0.25, -0.2) is 4.79 Å². The van der Waals surface area contributed by atoms with E-state index in [0.717, 1.165) is 0 Å². The van der Waals surface area contributed by atoms with E-state index in [1.807, 2.05) is 13.8 Å². The molecule has 5 atom stereocenters. The van der Waals surface area contributed by atoms with Gasteiger partial charge < -0.3 is 49.1 Å². The number of nitrogens with zero attached hydrogens (tertiary/aromatic N) is 1. The van der Waals surface area contributed by atoms with Crippen molar-refractivity contribution in [1.29, 1.82) is 0 Å². The van der Waals surface area contributed by atoms with Gasteiger partial charge in [-0.3, -0.25) is 19.4 Å². The third-order valence-electron chi connectivity index (χ3n) is 5.27. The fourth-order valence-corrected chi connectivity index (χ4v) is 3.30. The van der Waals surface area contributed by atoms with Crippen LogP contribution >= 0.6 is 0 Å². The molecule has 0 aliphatic rings. The van der Waals surface area contributed by atoms with Gasteiger partial charge in [0.1, 0.15) is 18.1 Å². The van der Waals surface area contributed by atoms with Crippen molar-refractivity contribution in [1.82, 2.24) is 16.0 Å². The molecule has 0 aromatic carbocycles. The number of hydrogen-bond donors (Lipinski definition) is 9. The smallest absolute Gasteiger partial charge is 0.326 e. The maximum atomic E-state index is 12.9. The van der Waals surface area contributed by atoms with E-state index in [-0.39, 0.29) is 31.3 Å². The Hall–Kier alpha value is -2.97. The molecule has 0 rings (SSSR count). The molecule has 0 bridgehead atoms. The van der Waals surface area contributed by atoms with Crippen LogP contribution in [-0.2, 0) is 19.2 Å². The number of guanidine groups is 1. The maximum Gasteiger partial charge on any atom is 0.326 e. The molecule has 0 saturated carbocycles. The highest BCUT2D eigenvalue weighted by Crippen LogP contribution is 2.08. The molecule has 5 unspecified atom stereocenters. The first-order valence-corrected chi connectivity index (χ1v) is 12.1. The van der Waals surface area contributed by atoms with Crippen LogP contribution in [0, 0.1) is 5.92 Å². The van der Waals surface area contributed by atoms with E-state index in [0.29, 0.717) is 32.2 Å². The molecule has 0 spiro atoms. The molecule has 0 fully saturated rings. The number of carboxylic acids is 1. The Kier molecular flexibility index (Phi) is 16.0. The first-order chi connectivity index (χ1) is 16.8. The zero-order chi connectivity index (χ0) is 27.8. The topological polar surface area (TPSA) is 261 Å². The lowest BCUT2D eigenvalue weighted by molar-refractivity contribution is -0.142. The summed E-state index contributed by atoms with van der Waals surface area (Å²) < 4.78 is 0. The van der Waals surface area contributed by atoms with E-state index >= 15 is 0 Å². The molecule has 0 saturated heterocycles. The summed E-state index contributed by atoms with van der Waals surface area (Å²) in [6.45, 7) is 5.62. The second kappa shape index (κ2) is 17.5. The summed E-state index contributed by atoms with van der Waals surface area (Å²) in [6.07, 6.45) is 0.956. The van der Waals surface area contributed by atoms with E-state index < -0.39 is 54.0 Å². The lowest BCUT2D eigenvalue weighted by atomic mass is 10.0. The number of aliphatic hydroxyl groups is 1. The number of amides is 3. The molecule has 208 valence electrons. The van der Waals surface area contributed by atoms with Crippen LogP contribution < -0.4 is 38.9 Å². The summed E-state index contributed by atoms with van der Waals surface area (Å²) in [5.74, 6) is -3.54. The first kappa shape index (κ1) is 33.0. The Morgan fingerprint density at radius 2 is 1.47 bits per heavy atom. The second-order valence-electron chi connectivity index (χ2n) is 9.16. The fraction of sp³-hybridized carbons (Fsp3) is 0.773. The predicted octanol–water partition coefficient (Wildman–Crippen LogP) is -2.54. The molecular formula is C22H44N8O6. The average Bonchev–Trinajstić information content (AvgIpc) is 2.77. The number of carbonyl (C=O) groups is 4. The molecule has 36 heavy (non-hydrogen) atoms. The number of nitrogens with one attached hydrogen (secondary N) is 3. The van der Waals surface area contributed by atoms with Gasteiger partial charge in [-0.05, 0) is 51.5 Å². The van der Waals surface area contributed by atoms with E-state index in [2.05, 4.69) is 20.9 Å². The molecule has 14 heteroatoms. The number of unbranched alkanes of at least 4 members (excludes halogenated alkanes) is 1. The Labute approximate surface area is 212 Å². The highest BCUT2D eigenvalue weighted by Gasteiger charge is 2.32. The number of carbonyl (C=O) groups excluding carboxylic acids is 3. The van der Waals surface area contributed by atoms with Gasteiger partial charge in [0, 0.05) is 6.54 Å². The van der Waals surface area contributed by atoms with Crippen molar-refractivity contribution in [2.24, 2.45) is 33.8 Å². The number of aliphatic hydroxyl groups excluding tert-OH is 1. The number of aliphatic carboxylic acids is 1. The third-order valence-corrected chi connectivity index (χ3v) is 5.27. The first-order valence-electron chi connectivity index (χ1n) is 12.1. The largest absolute Gasteiger partial charge is 0.480 e. The molecule has 0 heterocycles. The van der Waals surface area contributed by atoms with E-state index in [1.165, 1.54) is 6.92 Å². The van der Waals surface area contributed by atoms with Crippen LogP contribution in [0.4, 0.5) is 0 Å². The van der Waals surface area contributed by atoms with Gasteiger partial charge >= 0.3 is 5.97 Å². The number of hydrogen-bond acceptors (Lipinski definition) is 8. The van der Waals surface area contributed by atoms with Crippen molar-refractivity contribution < 1.29 is 29.4 Å². The van der Waals surface area contributed by atoms with Gasteiger partial charge in [-0.15, -0.1) is 0 Å². The number of nitrogens with two attached hydrogens (primary N) is 4. The summed E-state index contributed by atoms with van der Waals surface area (Å²) >= 11 is 0. The minimum Gasteiger partial charge on any atom is -0.480 e. The fourth-order valence-electron chi connectivity index (χ4n) is 3.30. The minimum atomic E-state index is -1.37. The molecule has 0 aromatic rings. The molecule has 0 aliphatic heterocycles. The number of carboxylic acid groups (broad SMARTS) is 1. The molecule has 3 amide bonds. The van der Waals surface area contributed by atoms with Gasteiger partial charge in [0.15, 0.2) is 5.96 Å². The Morgan fingerprint density at radius 3 is 1.97 bits per heavy atom. The van der Waals surface area contributed by atoms with E-state index in [4.69, 9.17) is 22.9 Å². The standard InChI is InChI=1S/C22H44N8O6/c1-12(2)11-16(19(33)28-15(21(35)36)8-6-10-27-22(25)26)29-20(34)17(13(3)31)30-18(32)14(24)7-4-5-9-23/h12-17,31H,4-11,23-24H2,1-3H3,(H,28,33)(H,29,34)(H,30,32)(H,35,36)(H4,25,26,27). The number of aliphatic imine (C=N–C) groups is 1. The van der Waals surface area contributed by atoms with Crippen LogP contribution in [0.15, 0.2) is 4.99 Å². The minimum absolute atomic E-state index is 0.0400. The normalized spacial score (nSPS) is 15.2. The van der Waals surface area contributed by atoms with Crippen molar-refractivity contribution in [3.63, 3.8) is 0 Å². The monoisotopic (exact) mass is 516 g/mol. The summed E-state index contributed by atoms with van der Waals surface area (Å²) in [4.78, 5) is 53.6. The molecular weight excluding hydrogens is 472 g/mol. The highest BCUT2D eigenvalue weighted by atomic mass is 16.4. The van der Waals surface area contributed by atoms with E-state index in [1.54, 1.807) is 0 Å². The van der Waals surface area contributed by atoms with Crippen LogP contribution in [-0.4, -0.2) is 83.2 Å². The summed E-state index contributed by atoms with van der Waals surface area (Å²) in [7, 11) is 0. The van der Waals surface area contributed by atoms with Crippen molar-refractivity contribution in [3.8, 4) is 0 Å². The average molecular weight is 517 g/mol. The summed E-state index contributed by atoms with van der Waals surface area (Å²) in [5.41, 5.74) is 21.8. The van der Waals surface area contributed by atoms with Gasteiger partial charge in [0.25, 0.3) is 0 Å². The van der Waals surface area contributed by atoms with Crippen molar-refractivity contribution in [2.75, 3.05) is 13.1 Å². The SMILES string of the molecule is CC(C)CC(NC(=O)C(NC(=O)C(N)CCCCN)C(C)O)C(=O)NC(CCCN=C(N)N)C(=O)O. The number of rotatable bonds is 18. The zero-order valence-corrected chi connectivity index (χ0v) is 21.4. The quantitative estimate of drug-likeness (QED) is 0.0523. The van der Waals surface area contributed by atoms with Crippen LogP contribution in [0.2, 0.25) is 0 Å². The summed E-state index contributed by atoms with van der Waals surface area (Å²) in [5, 5.41) is 27.0. The van der Waals surface area contributed by atoms with Crippen LogP contribution in [0.5, 0.6) is 0 Å². The van der Waals surface area contributed by atoms with Gasteiger partial charge in [-0.1, -0.05) is 20.3 Å². The van der Waals surface area contributed by atoms with Gasteiger partial charge in [0.05, 0.1) is 12.1 Å². The molecule has 14 nitrogen and oxygen atoms in total. The third kappa shape index (κ3) is 13.8. The van der Waals surface area contributed by atoms with Crippen LogP contribution in [0.25, 0.3) is 0 Å². The lowest BCUT2D eigenvalue weighted by Crippen LogP contribution is -2.60. The highest BCUT2D eigenvalue weighted by molar-refractivity contribution is 5.94. The Morgan fingerprint density at radius 1 is 0.861 bits per heavy atom. The lowest BCUT2D eigenvalue weighted by Gasteiger charge is -2.27. The van der Waals surface area contributed by atoms with Crippen molar-refractivity contribution in [3.05, 3.63) is 0 Å². The molecule has 0 radical (unpaired) electrons. The Balaban J connectivity index is 5.33. The van der Waals surface area contributed by atoms with Crippen LogP contribution in [0.1, 0.15) is 59.3 Å². The molecule has 13 N–H and O–H groups in total. The molecule has 0 aromatic heterocycles. The van der Waals surface area contributed by atoms with Crippen molar-refractivity contribution >= 4 is 29.7 Å². The van der Waals surface area contributed by atoms with Crippen LogP contribution in [0.3, 0.4) is 0 Å². The molecule has 0 aliphatic carbocycles. The maximum absolute atomic E-state index is 12.9. The Bertz CT molecular complexity index is 742. The van der Waals surface area contributed by atoms with Gasteiger partial charge in [0.2, 0.25) is 17.7 Å².